The van der Waals surface area contributed by atoms with Crippen molar-refractivity contribution >= 4 is 23.6 Å². The van der Waals surface area contributed by atoms with Gasteiger partial charge in [-0.1, -0.05) is 121 Å². The zero-order chi connectivity index (χ0) is 35.9. The van der Waals surface area contributed by atoms with Crippen LogP contribution in [0.1, 0.15) is 34.3 Å². The average molecular weight is 683 g/mol. The van der Waals surface area contributed by atoms with Crippen LogP contribution in [0.2, 0.25) is 0 Å². The second-order valence-electron chi connectivity index (χ2n) is 11.3. The highest BCUT2D eigenvalue weighted by molar-refractivity contribution is 5.92. The standard InChI is InChI=1S/C38H42N4O8/c1-39-35(45)29(27-19-11-5-12-20-27)41-37(47)33(49-23-25-15-7-3-8-16-25)31(43)32(44)34(50-24-26-17-9-4-10-18-26)38(48)42-30(36(46)40-2)28-21-13-6-14-22-28/h3-22,29-34,43-44H,23-24H2,1-2H3,(H,39,45)(H,40,46)(H,41,47)(H,42,48)/t29-,30+,31-,32-,33-,34-/m1/s1. The monoisotopic (exact) mass is 682 g/mol. The van der Waals surface area contributed by atoms with Crippen LogP contribution in [0.15, 0.2) is 121 Å². The SMILES string of the molecule is CNC(=O)[C@@H](NC(=O)[C@H](OCc1ccccc1)[C@H](O)[C@@H](O)[C@@H](OCc1ccccc1)C(=O)N[C@@H](C(=O)NC)c1ccccc1)c1ccccc1. The van der Waals surface area contributed by atoms with Crippen LogP contribution in [-0.4, -0.2) is 72.4 Å². The molecule has 0 unspecified atom stereocenters. The fourth-order valence-corrected chi connectivity index (χ4v) is 5.17. The fourth-order valence-electron chi connectivity index (χ4n) is 5.17. The van der Waals surface area contributed by atoms with Gasteiger partial charge >= 0.3 is 0 Å². The van der Waals surface area contributed by atoms with Gasteiger partial charge in [-0.25, -0.2) is 0 Å². The summed E-state index contributed by atoms with van der Waals surface area (Å²) in [5.41, 5.74) is 2.23. The second kappa shape index (κ2) is 19.0. The number of likely N-dealkylation sites (N-methyl/N-ethyl adjacent to an activating group) is 2. The molecule has 0 bridgehead atoms. The maximum atomic E-state index is 13.9. The molecule has 0 aromatic heterocycles. The van der Waals surface area contributed by atoms with E-state index in [4.69, 9.17) is 9.47 Å². The number of hydrogen-bond acceptors (Lipinski definition) is 8. The van der Waals surface area contributed by atoms with Gasteiger partial charge in [0.1, 0.15) is 24.3 Å². The molecule has 262 valence electrons. The van der Waals surface area contributed by atoms with Crippen molar-refractivity contribution in [2.75, 3.05) is 14.1 Å². The predicted molar refractivity (Wildman–Crippen MR) is 185 cm³/mol. The maximum Gasteiger partial charge on any atom is 0.252 e. The van der Waals surface area contributed by atoms with E-state index >= 15 is 0 Å². The summed E-state index contributed by atoms with van der Waals surface area (Å²) in [7, 11) is 2.84. The van der Waals surface area contributed by atoms with Crippen LogP contribution >= 0.6 is 0 Å². The third-order valence-electron chi connectivity index (χ3n) is 7.89. The Hall–Kier alpha value is -5.40. The Labute approximate surface area is 290 Å². The Balaban J connectivity index is 1.66. The molecule has 6 N–H and O–H groups in total. The smallest absolute Gasteiger partial charge is 0.252 e. The molecule has 4 amide bonds. The summed E-state index contributed by atoms with van der Waals surface area (Å²) < 4.78 is 11.8. The van der Waals surface area contributed by atoms with Crippen LogP contribution in [0.4, 0.5) is 0 Å². The number of nitrogens with one attached hydrogen (secondary N) is 4. The summed E-state index contributed by atoms with van der Waals surface area (Å²) in [6, 6.07) is 32.2. The Morgan fingerprint density at radius 2 is 0.800 bits per heavy atom. The van der Waals surface area contributed by atoms with Crippen molar-refractivity contribution in [3.63, 3.8) is 0 Å². The van der Waals surface area contributed by atoms with Gasteiger partial charge in [-0.3, -0.25) is 19.2 Å². The zero-order valence-corrected chi connectivity index (χ0v) is 27.8. The minimum Gasteiger partial charge on any atom is -0.387 e. The number of ether oxygens (including phenoxy) is 2. The number of aliphatic hydroxyl groups is 2. The lowest BCUT2D eigenvalue weighted by Crippen LogP contribution is -2.57. The molecule has 0 aliphatic heterocycles. The Morgan fingerprint density at radius 1 is 0.500 bits per heavy atom. The molecule has 4 aromatic carbocycles. The number of hydrogen-bond donors (Lipinski definition) is 6. The molecule has 0 aliphatic carbocycles. The number of aliphatic hydroxyl groups excluding tert-OH is 2. The minimum absolute atomic E-state index is 0.160. The lowest BCUT2D eigenvalue weighted by Gasteiger charge is -2.32. The van der Waals surface area contributed by atoms with E-state index in [9.17, 15) is 29.4 Å². The normalized spacial score (nSPS) is 14.6. The van der Waals surface area contributed by atoms with E-state index in [-0.39, 0.29) is 13.2 Å². The van der Waals surface area contributed by atoms with Crippen molar-refractivity contribution in [3.05, 3.63) is 144 Å². The Kier molecular flexibility index (Phi) is 14.2. The van der Waals surface area contributed by atoms with E-state index < -0.39 is 60.1 Å². The molecule has 4 aromatic rings. The van der Waals surface area contributed by atoms with Gasteiger partial charge < -0.3 is 41.0 Å². The number of rotatable bonds is 17. The molecule has 12 heteroatoms. The number of carbonyl (C=O) groups is 4. The van der Waals surface area contributed by atoms with Crippen LogP contribution in [-0.2, 0) is 41.9 Å². The molecule has 0 fully saturated rings. The van der Waals surface area contributed by atoms with Gasteiger partial charge in [0.15, 0.2) is 12.2 Å². The highest BCUT2D eigenvalue weighted by Gasteiger charge is 2.42. The Bertz CT molecular complexity index is 1540. The van der Waals surface area contributed by atoms with Gasteiger partial charge in [0.05, 0.1) is 13.2 Å². The molecule has 0 saturated carbocycles. The largest absolute Gasteiger partial charge is 0.387 e. The molecule has 0 radical (unpaired) electrons. The van der Waals surface area contributed by atoms with Gasteiger partial charge in [0.2, 0.25) is 11.8 Å². The van der Waals surface area contributed by atoms with Gasteiger partial charge in [0.25, 0.3) is 11.8 Å². The summed E-state index contributed by atoms with van der Waals surface area (Å²) in [4.78, 5) is 53.6. The van der Waals surface area contributed by atoms with Crippen molar-refractivity contribution in [3.8, 4) is 0 Å². The molecule has 50 heavy (non-hydrogen) atoms. The first-order valence-corrected chi connectivity index (χ1v) is 16.0. The number of amides is 4. The molecule has 0 spiro atoms. The van der Waals surface area contributed by atoms with Crippen molar-refractivity contribution < 1.29 is 38.9 Å². The van der Waals surface area contributed by atoms with E-state index in [0.29, 0.717) is 22.3 Å². The van der Waals surface area contributed by atoms with Gasteiger partial charge in [-0.2, -0.15) is 0 Å². The van der Waals surface area contributed by atoms with Crippen LogP contribution in [0, 0.1) is 0 Å². The van der Waals surface area contributed by atoms with E-state index in [1.807, 2.05) is 0 Å². The van der Waals surface area contributed by atoms with Crippen molar-refractivity contribution in [2.45, 2.75) is 49.7 Å². The molecular weight excluding hydrogens is 640 g/mol. The summed E-state index contributed by atoms with van der Waals surface area (Å²) in [6.45, 7) is -0.319. The number of benzene rings is 4. The quantitative estimate of drug-likeness (QED) is 0.0982. The highest BCUT2D eigenvalue weighted by Crippen LogP contribution is 2.20. The third-order valence-corrected chi connectivity index (χ3v) is 7.89. The lowest BCUT2D eigenvalue weighted by molar-refractivity contribution is -0.171. The summed E-state index contributed by atoms with van der Waals surface area (Å²) in [6.07, 6.45) is -7.69. The molecule has 6 atom stereocenters. The lowest BCUT2D eigenvalue weighted by atomic mass is 9.99. The summed E-state index contributed by atoms with van der Waals surface area (Å²) in [5, 5.41) is 33.6. The third kappa shape index (κ3) is 10.3. The zero-order valence-electron chi connectivity index (χ0n) is 27.8. The average Bonchev–Trinajstić information content (AvgIpc) is 3.16. The van der Waals surface area contributed by atoms with Gasteiger partial charge in [0, 0.05) is 14.1 Å². The van der Waals surface area contributed by atoms with E-state index in [1.165, 1.54) is 14.1 Å². The molecule has 4 rings (SSSR count). The van der Waals surface area contributed by atoms with E-state index in [2.05, 4.69) is 21.3 Å². The van der Waals surface area contributed by atoms with E-state index in [1.54, 1.807) is 121 Å². The Morgan fingerprint density at radius 3 is 1.10 bits per heavy atom. The highest BCUT2D eigenvalue weighted by atomic mass is 16.5. The van der Waals surface area contributed by atoms with Crippen LogP contribution in [0.25, 0.3) is 0 Å². The summed E-state index contributed by atoms with van der Waals surface area (Å²) >= 11 is 0. The van der Waals surface area contributed by atoms with Crippen LogP contribution < -0.4 is 21.3 Å². The molecule has 0 saturated heterocycles. The summed E-state index contributed by atoms with van der Waals surface area (Å²) in [5.74, 6) is -2.93. The fraction of sp³-hybridized carbons (Fsp3) is 0.263. The van der Waals surface area contributed by atoms with Gasteiger partial charge in [-0.15, -0.1) is 0 Å². The maximum absolute atomic E-state index is 13.9. The number of carbonyl (C=O) groups excluding carboxylic acids is 4. The van der Waals surface area contributed by atoms with Crippen LogP contribution in [0.5, 0.6) is 0 Å². The molecule has 0 aliphatic rings. The molecular formula is C38H42N4O8. The molecule has 0 heterocycles. The van der Waals surface area contributed by atoms with E-state index in [0.717, 1.165) is 0 Å². The first-order valence-electron chi connectivity index (χ1n) is 16.0. The van der Waals surface area contributed by atoms with Crippen molar-refractivity contribution in [1.82, 2.24) is 21.3 Å². The van der Waals surface area contributed by atoms with Gasteiger partial charge in [-0.05, 0) is 22.3 Å². The van der Waals surface area contributed by atoms with Crippen molar-refractivity contribution in [1.29, 1.82) is 0 Å². The second-order valence-corrected chi connectivity index (χ2v) is 11.3. The predicted octanol–water partition coefficient (Wildman–Crippen LogP) is 2.09. The van der Waals surface area contributed by atoms with Crippen molar-refractivity contribution in [2.24, 2.45) is 0 Å². The topological polar surface area (TPSA) is 175 Å². The molecule has 12 nitrogen and oxygen atoms in total. The first-order chi connectivity index (χ1) is 24.2. The minimum atomic E-state index is -2.05. The first kappa shape index (κ1) is 37.4. The van der Waals surface area contributed by atoms with Crippen LogP contribution in [0.3, 0.4) is 0 Å².